The highest BCUT2D eigenvalue weighted by Gasteiger charge is 2.33. The molecule has 0 aromatic rings. The Bertz CT molecular complexity index is 230. The first-order valence-electron chi connectivity index (χ1n) is 6.65. The third kappa shape index (κ3) is 2.96. The standard InChI is InChI=1S/C13H26N2O/c1-11-9-15(7-8-16-11)10-12-13(2,3)5-4-6-14-12/h11-12,14H,4-10H2,1-3H3. The fraction of sp³-hybridized carbons (Fsp3) is 1.00. The molecule has 16 heavy (non-hydrogen) atoms. The van der Waals surface area contributed by atoms with Crippen LogP contribution in [0.5, 0.6) is 0 Å². The van der Waals surface area contributed by atoms with E-state index in [1.807, 2.05) is 0 Å². The monoisotopic (exact) mass is 226 g/mol. The second kappa shape index (κ2) is 5.03. The van der Waals surface area contributed by atoms with Crippen molar-refractivity contribution in [1.29, 1.82) is 0 Å². The van der Waals surface area contributed by atoms with Crippen molar-refractivity contribution >= 4 is 0 Å². The molecule has 1 N–H and O–H groups in total. The van der Waals surface area contributed by atoms with Crippen LogP contribution in [0.1, 0.15) is 33.6 Å². The van der Waals surface area contributed by atoms with E-state index < -0.39 is 0 Å². The average molecular weight is 226 g/mol. The Morgan fingerprint density at radius 2 is 2.25 bits per heavy atom. The SMILES string of the molecule is CC1CN(CC2NCCCC2(C)C)CCO1. The lowest BCUT2D eigenvalue weighted by atomic mass is 9.77. The molecule has 2 atom stereocenters. The molecule has 0 spiro atoms. The molecule has 0 aromatic heterocycles. The summed E-state index contributed by atoms with van der Waals surface area (Å²) in [5, 5.41) is 3.69. The van der Waals surface area contributed by atoms with Gasteiger partial charge in [-0.2, -0.15) is 0 Å². The summed E-state index contributed by atoms with van der Waals surface area (Å²) in [6, 6.07) is 0.645. The van der Waals surface area contributed by atoms with Crippen molar-refractivity contribution in [2.45, 2.75) is 45.8 Å². The van der Waals surface area contributed by atoms with Crippen LogP contribution < -0.4 is 5.32 Å². The number of hydrogen-bond donors (Lipinski definition) is 1. The minimum Gasteiger partial charge on any atom is -0.376 e. The van der Waals surface area contributed by atoms with Crippen LogP contribution in [0.15, 0.2) is 0 Å². The van der Waals surface area contributed by atoms with Gasteiger partial charge in [0.2, 0.25) is 0 Å². The lowest BCUT2D eigenvalue weighted by molar-refractivity contribution is -0.0278. The maximum Gasteiger partial charge on any atom is 0.0674 e. The quantitative estimate of drug-likeness (QED) is 0.772. The zero-order valence-corrected chi connectivity index (χ0v) is 11.0. The molecule has 0 saturated carbocycles. The van der Waals surface area contributed by atoms with Crippen LogP contribution in [0, 0.1) is 5.41 Å². The number of morpholine rings is 1. The summed E-state index contributed by atoms with van der Waals surface area (Å²) in [6.07, 6.45) is 3.08. The molecule has 0 aromatic carbocycles. The van der Waals surface area contributed by atoms with Gasteiger partial charge in [0.05, 0.1) is 12.7 Å². The Kier molecular flexibility index (Phi) is 3.88. The fourth-order valence-electron chi connectivity index (χ4n) is 2.90. The van der Waals surface area contributed by atoms with Crippen LogP contribution in [0.4, 0.5) is 0 Å². The van der Waals surface area contributed by atoms with Gasteiger partial charge < -0.3 is 10.1 Å². The van der Waals surface area contributed by atoms with Gasteiger partial charge in [0, 0.05) is 25.7 Å². The summed E-state index contributed by atoms with van der Waals surface area (Å²) in [5.74, 6) is 0. The predicted octanol–water partition coefficient (Wildman–Crippen LogP) is 1.49. The van der Waals surface area contributed by atoms with Crippen molar-refractivity contribution in [1.82, 2.24) is 10.2 Å². The van der Waals surface area contributed by atoms with Gasteiger partial charge in [-0.25, -0.2) is 0 Å². The smallest absolute Gasteiger partial charge is 0.0674 e. The normalized spacial score (nSPS) is 36.2. The maximum atomic E-state index is 5.59. The Balaban J connectivity index is 1.87. The number of nitrogens with zero attached hydrogens (tertiary/aromatic N) is 1. The maximum absolute atomic E-state index is 5.59. The van der Waals surface area contributed by atoms with E-state index in [0.29, 0.717) is 17.6 Å². The second-order valence-corrected chi connectivity index (χ2v) is 6.04. The highest BCUT2D eigenvalue weighted by molar-refractivity contribution is 4.90. The average Bonchev–Trinajstić information content (AvgIpc) is 2.21. The van der Waals surface area contributed by atoms with E-state index in [2.05, 4.69) is 31.0 Å². The van der Waals surface area contributed by atoms with Crippen LogP contribution in [0.3, 0.4) is 0 Å². The van der Waals surface area contributed by atoms with Crippen molar-refractivity contribution in [3.05, 3.63) is 0 Å². The lowest BCUT2D eigenvalue weighted by Gasteiger charge is -2.43. The molecule has 2 aliphatic rings. The Morgan fingerprint density at radius 3 is 2.94 bits per heavy atom. The van der Waals surface area contributed by atoms with Gasteiger partial charge >= 0.3 is 0 Å². The largest absolute Gasteiger partial charge is 0.376 e. The van der Waals surface area contributed by atoms with Gasteiger partial charge in [0.15, 0.2) is 0 Å². The summed E-state index contributed by atoms with van der Waals surface area (Å²) < 4.78 is 5.59. The van der Waals surface area contributed by atoms with Crippen LogP contribution >= 0.6 is 0 Å². The van der Waals surface area contributed by atoms with Crippen molar-refractivity contribution in [2.24, 2.45) is 5.41 Å². The van der Waals surface area contributed by atoms with Gasteiger partial charge in [-0.15, -0.1) is 0 Å². The minimum atomic E-state index is 0.403. The van der Waals surface area contributed by atoms with Crippen LogP contribution in [0.25, 0.3) is 0 Å². The van der Waals surface area contributed by atoms with Crippen LogP contribution in [0.2, 0.25) is 0 Å². The molecule has 2 unspecified atom stereocenters. The van der Waals surface area contributed by atoms with Gasteiger partial charge in [-0.05, 0) is 31.7 Å². The second-order valence-electron chi connectivity index (χ2n) is 6.04. The van der Waals surface area contributed by atoms with E-state index in [-0.39, 0.29) is 0 Å². The van der Waals surface area contributed by atoms with Crippen LogP contribution in [-0.4, -0.2) is 49.8 Å². The van der Waals surface area contributed by atoms with Crippen molar-refractivity contribution in [3.63, 3.8) is 0 Å². The first-order valence-corrected chi connectivity index (χ1v) is 6.65. The molecule has 0 aliphatic carbocycles. The van der Waals surface area contributed by atoms with Crippen molar-refractivity contribution in [3.8, 4) is 0 Å². The summed E-state index contributed by atoms with van der Waals surface area (Å²) in [6.45, 7) is 12.4. The minimum absolute atomic E-state index is 0.403. The Labute approximate surface area is 99.5 Å². The van der Waals surface area contributed by atoms with Gasteiger partial charge in [-0.1, -0.05) is 13.8 Å². The number of rotatable bonds is 2. The molecule has 2 fully saturated rings. The number of ether oxygens (including phenoxy) is 1. The molecule has 2 heterocycles. The van der Waals surface area contributed by atoms with Gasteiger partial charge in [0.25, 0.3) is 0 Å². The van der Waals surface area contributed by atoms with E-state index in [9.17, 15) is 0 Å². The summed E-state index contributed by atoms with van der Waals surface area (Å²) in [4.78, 5) is 2.55. The predicted molar refractivity (Wildman–Crippen MR) is 66.7 cm³/mol. The van der Waals surface area contributed by atoms with E-state index in [1.54, 1.807) is 0 Å². The molecule has 94 valence electrons. The number of hydrogen-bond acceptors (Lipinski definition) is 3. The third-order valence-corrected chi connectivity index (χ3v) is 4.10. The highest BCUT2D eigenvalue weighted by atomic mass is 16.5. The zero-order chi connectivity index (χ0) is 11.6. The molecule has 2 rings (SSSR count). The lowest BCUT2D eigenvalue weighted by Crippen LogP contribution is -2.55. The van der Waals surface area contributed by atoms with Crippen molar-refractivity contribution < 1.29 is 4.74 Å². The summed E-state index contributed by atoms with van der Waals surface area (Å²) in [7, 11) is 0. The number of nitrogens with one attached hydrogen (secondary N) is 1. The molecule has 3 heteroatoms. The molecular weight excluding hydrogens is 200 g/mol. The number of piperidine rings is 1. The molecule has 3 nitrogen and oxygen atoms in total. The zero-order valence-electron chi connectivity index (χ0n) is 11.0. The summed E-state index contributed by atoms with van der Waals surface area (Å²) >= 11 is 0. The molecule has 0 bridgehead atoms. The summed E-state index contributed by atoms with van der Waals surface area (Å²) in [5.41, 5.74) is 0.444. The van der Waals surface area contributed by atoms with Crippen molar-refractivity contribution in [2.75, 3.05) is 32.8 Å². The molecule has 0 radical (unpaired) electrons. The first kappa shape index (κ1) is 12.3. The molecule has 2 aliphatic heterocycles. The molecular formula is C13H26N2O. The first-order chi connectivity index (χ1) is 7.58. The highest BCUT2D eigenvalue weighted by Crippen LogP contribution is 2.30. The van der Waals surface area contributed by atoms with E-state index in [1.165, 1.54) is 25.9 Å². The molecule has 0 amide bonds. The third-order valence-electron chi connectivity index (χ3n) is 4.10. The van der Waals surface area contributed by atoms with E-state index in [4.69, 9.17) is 4.74 Å². The van der Waals surface area contributed by atoms with E-state index in [0.717, 1.165) is 19.7 Å². The van der Waals surface area contributed by atoms with Crippen LogP contribution in [-0.2, 0) is 4.74 Å². The van der Waals surface area contributed by atoms with Gasteiger partial charge in [-0.3, -0.25) is 4.90 Å². The topological polar surface area (TPSA) is 24.5 Å². The Hall–Kier alpha value is -0.120. The van der Waals surface area contributed by atoms with Gasteiger partial charge in [0.1, 0.15) is 0 Å². The Morgan fingerprint density at radius 1 is 1.44 bits per heavy atom. The molecule has 2 saturated heterocycles. The fourth-order valence-corrected chi connectivity index (χ4v) is 2.90. The van der Waals surface area contributed by atoms with E-state index >= 15 is 0 Å².